The zero-order valence-corrected chi connectivity index (χ0v) is 13.5. The molecule has 1 aromatic carbocycles. The Bertz CT molecular complexity index is 385. The van der Waals surface area contributed by atoms with Crippen LogP contribution in [0.2, 0.25) is 0 Å². The first kappa shape index (κ1) is 18.3. The number of rotatable bonds is 12. The lowest BCUT2D eigenvalue weighted by molar-refractivity contribution is 0.129. The predicted octanol–water partition coefficient (Wildman–Crippen LogP) is 2.96. The first-order chi connectivity index (χ1) is 10.8. The molecule has 5 heteroatoms. The zero-order chi connectivity index (χ0) is 15.9. The highest BCUT2D eigenvalue weighted by Gasteiger charge is 1.99. The van der Waals surface area contributed by atoms with E-state index in [-0.39, 0.29) is 6.03 Å². The highest BCUT2D eigenvalue weighted by molar-refractivity contribution is 5.73. The first-order valence-corrected chi connectivity index (χ1v) is 8.10. The van der Waals surface area contributed by atoms with Gasteiger partial charge in [0.25, 0.3) is 0 Å². The number of ether oxygens (including phenoxy) is 2. The Morgan fingerprint density at radius 3 is 2.27 bits per heavy atom. The first-order valence-electron chi connectivity index (χ1n) is 8.10. The van der Waals surface area contributed by atoms with Gasteiger partial charge in [-0.05, 0) is 31.4 Å². The SMILES string of the molecule is CCCCOCCCNC(=O)NCCCOc1ccccc1. The summed E-state index contributed by atoms with van der Waals surface area (Å²) in [5.74, 6) is 0.857. The Morgan fingerprint density at radius 1 is 0.955 bits per heavy atom. The van der Waals surface area contributed by atoms with Gasteiger partial charge in [0.1, 0.15) is 5.75 Å². The molecule has 0 fully saturated rings. The molecule has 0 heterocycles. The van der Waals surface area contributed by atoms with Crippen LogP contribution in [0.15, 0.2) is 30.3 Å². The Balaban J connectivity index is 1.87. The molecule has 5 nitrogen and oxygen atoms in total. The van der Waals surface area contributed by atoms with Gasteiger partial charge in [-0.15, -0.1) is 0 Å². The van der Waals surface area contributed by atoms with Crippen molar-refractivity contribution in [3.05, 3.63) is 30.3 Å². The third-order valence-electron chi connectivity index (χ3n) is 3.01. The molecule has 1 rings (SSSR count). The van der Waals surface area contributed by atoms with E-state index in [1.165, 1.54) is 0 Å². The van der Waals surface area contributed by atoms with E-state index in [1.54, 1.807) is 0 Å². The Kier molecular flexibility index (Phi) is 10.8. The number of urea groups is 1. The molecule has 0 aliphatic rings. The highest BCUT2D eigenvalue weighted by atomic mass is 16.5. The van der Waals surface area contributed by atoms with E-state index in [1.807, 2.05) is 30.3 Å². The van der Waals surface area contributed by atoms with Crippen molar-refractivity contribution in [2.45, 2.75) is 32.6 Å². The van der Waals surface area contributed by atoms with Crippen molar-refractivity contribution in [2.24, 2.45) is 0 Å². The maximum atomic E-state index is 11.5. The van der Waals surface area contributed by atoms with Crippen molar-refractivity contribution < 1.29 is 14.3 Å². The van der Waals surface area contributed by atoms with Gasteiger partial charge in [-0.25, -0.2) is 4.79 Å². The summed E-state index contributed by atoms with van der Waals surface area (Å²) in [6.07, 6.45) is 3.87. The summed E-state index contributed by atoms with van der Waals surface area (Å²) in [6, 6.07) is 9.53. The van der Waals surface area contributed by atoms with E-state index in [4.69, 9.17) is 9.47 Å². The van der Waals surface area contributed by atoms with Crippen molar-refractivity contribution in [2.75, 3.05) is 32.9 Å². The normalized spacial score (nSPS) is 10.2. The van der Waals surface area contributed by atoms with Gasteiger partial charge in [0.15, 0.2) is 0 Å². The van der Waals surface area contributed by atoms with E-state index in [0.717, 1.165) is 38.0 Å². The Hall–Kier alpha value is -1.75. The number of para-hydroxylation sites is 1. The molecule has 0 bridgehead atoms. The summed E-state index contributed by atoms with van der Waals surface area (Å²) >= 11 is 0. The molecule has 0 spiro atoms. The lowest BCUT2D eigenvalue weighted by atomic mass is 10.3. The van der Waals surface area contributed by atoms with E-state index in [0.29, 0.717) is 26.3 Å². The van der Waals surface area contributed by atoms with Gasteiger partial charge in [0.2, 0.25) is 0 Å². The fourth-order valence-corrected chi connectivity index (χ4v) is 1.77. The van der Waals surface area contributed by atoms with Gasteiger partial charge in [-0.3, -0.25) is 0 Å². The molecule has 0 atom stereocenters. The second-order valence-electron chi connectivity index (χ2n) is 5.02. The smallest absolute Gasteiger partial charge is 0.314 e. The minimum atomic E-state index is -0.131. The number of hydrogen-bond donors (Lipinski definition) is 2. The van der Waals surface area contributed by atoms with Crippen LogP contribution in [0.25, 0.3) is 0 Å². The average molecular weight is 308 g/mol. The molecule has 2 amide bonds. The number of carbonyl (C=O) groups is 1. The molecule has 124 valence electrons. The minimum Gasteiger partial charge on any atom is -0.494 e. The fraction of sp³-hybridized carbons (Fsp3) is 0.588. The van der Waals surface area contributed by atoms with Crippen molar-refractivity contribution in [3.8, 4) is 5.75 Å². The van der Waals surface area contributed by atoms with E-state index in [9.17, 15) is 4.79 Å². The zero-order valence-electron chi connectivity index (χ0n) is 13.5. The molecule has 1 aromatic rings. The monoisotopic (exact) mass is 308 g/mol. The quantitative estimate of drug-likeness (QED) is 0.584. The number of amides is 2. The second kappa shape index (κ2) is 13.0. The average Bonchev–Trinajstić information content (AvgIpc) is 2.54. The van der Waals surface area contributed by atoms with Crippen LogP contribution in [0, 0.1) is 0 Å². The molecule has 22 heavy (non-hydrogen) atoms. The highest BCUT2D eigenvalue weighted by Crippen LogP contribution is 2.07. The molecule has 0 aliphatic carbocycles. The predicted molar refractivity (Wildman–Crippen MR) is 88.3 cm³/mol. The fourth-order valence-electron chi connectivity index (χ4n) is 1.77. The lowest BCUT2D eigenvalue weighted by Gasteiger charge is -2.09. The van der Waals surface area contributed by atoms with Gasteiger partial charge in [-0.1, -0.05) is 31.5 Å². The summed E-state index contributed by atoms with van der Waals surface area (Å²) in [6.45, 7) is 5.48. The van der Waals surface area contributed by atoms with E-state index >= 15 is 0 Å². The molecule has 2 N–H and O–H groups in total. The van der Waals surface area contributed by atoms with Crippen molar-refractivity contribution in [3.63, 3.8) is 0 Å². The van der Waals surface area contributed by atoms with Crippen LogP contribution in [0.5, 0.6) is 5.75 Å². The van der Waals surface area contributed by atoms with Crippen LogP contribution in [0.1, 0.15) is 32.6 Å². The second-order valence-corrected chi connectivity index (χ2v) is 5.02. The van der Waals surface area contributed by atoms with Gasteiger partial charge in [0, 0.05) is 26.3 Å². The Morgan fingerprint density at radius 2 is 1.59 bits per heavy atom. The number of hydrogen-bond acceptors (Lipinski definition) is 3. The van der Waals surface area contributed by atoms with Crippen LogP contribution in [0.4, 0.5) is 4.79 Å². The molecular weight excluding hydrogens is 280 g/mol. The van der Waals surface area contributed by atoms with Crippen LogP contribution in [-0.2, 0) is 4.74 Å². The molecule has 0 unspecified atom stereocenters. The summed E-state index contributed by atoms with van der Waals surface area (Å²) in [5, 5.41) is 5.62. The molecule has 0 aliphatic heterocycles. The summed E-state index contributed by atoms with van der Waals surface area (Å²) in [4.78, 5) is 11.5. The van der Waals surface area contributed by atoms with Crippen LogP contribution >= 0.6 is 0 Å². The minimum absolute atomic E-state index is 0.131. The topological polar surface area (TPSA) is 59.6 Å². The number of benzene rings is 1. The molecule has 0 aromatic heterocycles. The molecule has 0 saturated heterocycles. The van der Waals surface area contributed by atoms with Gasteiger partial charge < -0.3 is 20.1 Å². The Labute approximate surface area is 133 Å². The van der Waals surface area contributed by atoms with Gasteiger partial charge in [-0.2, -0.15) is 0 Å². The van der Waals surface area contributed by atoms with E-state index < -0.39 is 0 Å². The largest absolute Gasteiger partial charge is 0.494 e. The maximum absolute atomic E-state index is 11.5. The molecular formula is C17H28N2O3. The third kappa shape index (κ3) is 10.0. The molecule has 0 saturated carbocycles. The number of unbranched alkanes of at least 4 members (excludes halogenated alkanes) is 1. The van der Waals surface area contributed by atoms with Crippen molar-refractivity contribution in [1.82, 2.24) is 10.6 Å². The van der Waals surface area contributed by atoms with Crippen LogP contribution in [0.3, 0.4) is 0 Å². The van der Waals surface area contributed by atoms with Crippen LogP contribution in [-0.4, -0.2) is 38.9 Å². The van der Waals surface area contributed by atoms with Crippen LogP contribution < -0.4 is 15.4 Å². The van der Waals surface area contributed by atoms with E-state index in [2.05, 4.69) is 17.6 Å². The van der Waals surface area contributed by atoms with Crippen molar-refractivity contribution in [1.29, 1.82) is 0 Å². The third-order valence-corrected chi connectivity index (χ3v) is 3.01. The summed E-state index contributed by atoms with van der Waals surface area (Å²) in [7, 11) is 0. The lowest BCUT2D eigenvalue weighted by Crippen LogP contribution is -2.37. The number of carbonyl (C=O) groups excluding carboxylic acids is 1. The van der Waals surface area contributed by atoms with Gasteiger partial charge in [0.05, 0.1) is 6.61 Å². The summed E-state index contributed by atoms with van der Waals surface area (Å²) < 4.78 is 11.0. The number of nitrogens with one attached hydrogen (secondary N) is 2. The van der Waals surface area contributed by atoms with Crippen molar-refractivity contribution >= 4 is 6.03 Å². The standard InChI is InChI=1S/C17H28N2O3/c1-2-3-13-21-14-7-11-18-17(20)19-12-8-15-22-16-9-5-4-6-10-16/h4-6,9-10H,2-3,7-8,11-15H2,1H3,(H2,18,19,20). The maximum Gasteiger partial charge on any atom is 0.314 e. The molecule has 0 radical (unpaired) electrons. The van der Waals surface area contributed by atoms with Gasteiger partial charge >= 0.3 is 6.03 Å². The summed E-state index contributed by atoms with van der Waals surface area (Å²) in [5.41, 5.74) is 0.